The summed E-state index contributed by atoms with van der Waals surface area (Å²) in [5, 5.41) is 7.22. The van der Waals surface area contributed by atoms with Gasteiger partial charge in [0, 0.05) is 10.9 Å². The van der Waals surface area contributed by atoms with Crippen LogP contribution >= 0.6 is 0 Å². The second kappa shape index (κ2) is 11.3. The summed E-state index contributed by atoms with van der Waals surface area (Å²) in [6, 6.07) is 14.5. The Morgan fingerprint density at radius 1 is 1.04 bits per heavy atom. The van der Waals surface area contributed by atoms with Gasteiger partial charge in [-0.05, 0) is 74.9 Å². The van der Waals surface area contributed by atoms with Crippen molar-refractivity contribution in [2.75, 3.05) is 17.2 Å². The number of nitrogens with two attached hydrogens (primary N) is 1. The number of rotatable bonds is 9. The normalized spacial score (nSPS) is 14.3. The monoisotopic (exact) mass is 632 g/mol. The number of fused-ring (bicyclic) bond motifs is 1. The van der Waals surface area contributed by atoms with Crippen LogP contribution in [-0.4, -0.2) is 51.1 Å². The number of ketones is 1. The first-order valence-corrected chi connectivity index (χ1v) is 14.0. The number of halogens is 3. The highest BCUT2D eigenvalue weighted by Crippen LogP contribution is 2.38. The van der Waals surface area contributed by atoms with Crippen LogP contribution < -0.4 is 25.4 Å². The Bertz CT molecular complexity index is 2040. The van der Waals surface area contributed by atoms with Crippen molar-refractivity contribution < 1.29 is 37.0 Å². The molecule has 3 amide bonds. The van der Waals surface area contributed by atoms with Crippen LogP contribution in [0.25, 0.3) is 16.6 Å². The Labute approximate surface area is 259 Å². The number of alkyl halides is 2. The molecule has 0 aliphatic carbocycles. The van der Waals surface area contributed by atoms with E-state index in [2.05, 4.69) is 15.4 Å². The molecule has 14 heteroatoms. The number of hydrogen-bond donors (Lipinski definition) is 3. The van der Waals surface area contributed by atoms with E-state index in [0.717, 1.165) is 4.90 Å². The van der Waals surface area contributed by atoms with Gasteiger partial charge in [0.05, 0.1) is 28.8 Å². The molecule has 1 saturated heterocycles. The van der Waals surface area contributed by atoms with Crippen molar-refractivity contribution >= 4 is 40.1 Å². The number of carbonyl (C=O) groups excluding carboxylic acids is 3. The number of ether oxygens (including phenoxy) is 2. The van der Waals surface area contributed by atoms with Gasteiger partial charge in [-0.1, -0.05) is 12.1 Å². The first-order chi connectivity index (χ1) is 21.8. The zero-order valence-corrected chi connectivity index (χ0v) is 24.7. The lowest BCUT2D eigenvalue weighted by Crippen LogP contribution is -2.40. The minimum absolute atomic E-state index is 0.0361. The highest BCUT2D eigenvalue weighted by atomic mass is 19.3. The molecule has 4 N–H and O–H groups in total. The lowest BCUT2D eigenvalue weighted by atomic mass is 10.1. The van der Waals surface area contributed by atoms with E-state index in [4.69, 9.17) is 15.2 Å². The third-order valence-electron chi connectivity index (χ3n) is 7.42. The number of nitrogens with one attached hydrogen (secondary N) is 2. The topological polar surface area (TPSA) is 145 Å². The molecule has 1 aliphatic heterocycles. The standard InChI is InChI=1S/C32H27F3N6O5/c1-16-10-18(8-9-24(16)46-25-7-5-4-6-20(25)33)41-29(36)19(14-37-41)28(42)22-11-17-12-26(45-15-27(34)35)23(13-21(17)38-22)40-30(43)32(2,3)39-31(40)44/h4-14,27,38H,15,36H2,1-3H3,(H,39,44). The quantitative estimate of drug-likeness (QED) is 0.136. The van der Waals surface area contributed by atoms with Crippen LogP contribution in [0.4, 0.5) is 29.5 Å². The van der Waals surface area contributed by atoms with Crippen molar-refractivity contribution in [1.82, 2.24) is 20.1 Å². The van der Waals surface area contributed by atoms with Crippen LogP contribution in [0.3, 0.4) is 0 Å². The number of hydrogen-bond acceptors (Lipinski definition) is 7. The number of aromatic amines is 1. The van der Waals surface area contributed by atoms with Crippen LogP contribution in [0.5, 0.6) is 17.2 Å². The molecule has 1 aliphatic rings. The number of H-pyrrole nitrogens is 1. The maximum absolute atomic E-state index is 14.1. The molecule has 0 unspecified atom stereocenters. The number of anilines is 2. The number of aryl methyl sites for hydroxylation is 1. The summed E-state index contributed by atoms with van der Waals surface area (Å²) in [7, 11) is 0. The summed E-state index contributed by atoms with van der Waals surface area (Å²) >= 11 is 0. The lowest BCUT2D eigenvalue weighted by Gasteiger charge is -2.19. The van der Waals surface area contributed by atoms with Crippen LogP contribution in [0.1, 0.15) is 35.5 Å². The number of aromatic nitrogens is 3. The van der Waals surface area contributed by atoms with Crippen molar-refractivity contribution in [3.05, 3.63) is 89.5 Å². The molecule has 6 rings (SSSR count). The SMILES string of the molecule is Cc1cc(-n2ncc(C(=O)c3cc4cc(OCC(F)F)c(N5C(=O)NC(C)(C)C5=O)cc4[nH]3)c2N)ccc1Oc1ccccc1F. The molecule has 0 radical (unpaired) electrons. The van der Waals surface area contributed by atoms with Gasteiger partial charge >= 0.3 is 6.03 Å². The van der Waals surface area contributed by atoms with Gasteiger partial charge in [0.15, 0.2) is 11.6 Å². The Balaban J connectivity index is 1.31. The van der Waals surface area contributed by atoms with Crippen molar-refractivity contribution in [3.63, 3.8) is 0 Å². The van der Waals surface area contributed by atoms with Crippen LogP contribution in [-0.2, 0) is 4.79 Å². The second-order valence-corrected chi connectivity index (χ2v) is 11.2. The minimum atomic E-state index is -2.81. The number of para-hydroxylation sites is 1. The van der Waals surface area contributed by atoms with E-state index in [0.29, 0.717) is 27.9 Å². The predicted octanol–water partition coefficient (Wildman–Crippen LogP) is 5.89. The van der Waals surface area contributed by atoms with Crippen molar-refractivity contribution in [3.8, 4) is 22.9 Å². The number of nitrogen functional groups attached to an aromatic ring is 1. The molecule has 11 nitrogen and oxygen atoms in total. The molecule has 46 heavy (non-hydrogen) atoms. The predicted molar refractivity (Wildman–Crippen MR) is 163 cm³/mol. The van der Waals surface area contributed by atoms with Gasteiger partial charge in [0.25, 0.3) is 12.3 Å². The molecule has 0 saturated carbocycles. The van der Waals surface area contributed by atoms with Gasteiger partial charge in [0.2, 0.25) is 5.78 Å². The highest BCUT2D eigenvalue weighted by molar-refractivity contribution is 6.24. The molecule has 3 aromatic carbocycles. The fourth-order valence-electron chi connectivity index (χ4n) is 5.09. The van der Waals surface area contributed by atoms with Gasteiger partial charge in [-0.3, -0.25) is 9.59 Å². The molecule has 236 valence electrons. The van der Waals surface area contributed by atoms with E-state index in [1.165, 1.54) is 55.1 Å². The third kappa shape index (κ3) is 5.38. The van der Waals surface area contributed by atoms with Gasteiger partial charge < -0.3 is 25.5 Å². The number of imide groups is 1. The van der Waals surface area contributed by atoms with Crippen LogP contribution in [0, 0.1) is 12.7 Å². The maximum atomic E-state index is 14.1. The number of benzene rings is 3. The largest absolute Gasteiger partial charge is 0.485 e. The lowest BCUT2D eigenvalue weighted by molar-refractivity contribution is -0.121. The average molecular weight is 633 g/mol. The molecule has 3 heterocycles. The maximum Gasteiger partial charge on any atom is 0.329 e. The summed E-state index contributed by atoms with van der Waals surface area (Å²) in [5.74, 6) is -1.25. The Morgan fingerprint density at radius 2 is 1.80 bits per heavy atom. The average Bonchev–Trinajstić information content (AvgIpc) is 3.65. The molecule has 1 fully saturated rings. The summed E-state index contributed by atoms with van der Waals surface area (Å²) in [4.78, 5) is 43.0. The van der Waals surface area contributed by atoms with E-state index in [-0.39, 0.29) is 34.3 Å². The van der Waals surface area contributed by atoms with Crippen molar-refractivity contribution in [2.45, 2.75) is 32.7 Å². The third-order valence-corrected chi connectivity index (χ3v) is 7.42. The number of amides is 3. The van der Waals surface area contributed by atoms with Gasteiger partial charge in [-0.25, -0.2) is 27.5 Å². The molecule has 2 aromatic heterocycles. The summed E-state index contributed by atoms with van der Waals surface area (Å²) in [6.45, 7) is 3.81. The van der Waals surface area contributed by atoms with E-state index >= 15 is 0 Å². The first kappa shape index (κ1) is 30.2. The summed E-state index contributed by atoms with van der Waals surface area (Å²) in [6.07, 6.45) is -1.51. The Morgan fingerprint density at radius 3 is 2.48 bits per heavy atom. The van der Waals surface area contributed by atoms with E-state index in [9.17, 15) is 27.6 Å². The first-order valence-electron chi connectivity index (χ1n) is 14.0. The molecule has 0 bridgehead atoms. The zero-order chi connectivity index (χ0) is 32.9. The smallest absolute Gasteiger partial charge is 0.329 e. The minimum Gasteiger partial charge on any atom is -0.485 e. The summed E-state index contributed by atoms with van der Waals surface area (Å²) in [5.41, 5.74) is 6.74. The molecule has 0 spiro atoms. The van der Waals surface area contributed by atoms with Gasteiger partial charge in [-0.2, -0.15) is 5.10 Å². The highest BCUT2D eigenvalue weighted by Gasteiger charge is 2.46. The summed E-state index contributed by atoms with van der Waals surface area (Å²) < 4.78 is 52.5. The zero-order valence-electron chi connectivity index (χ0n) is 24.7. The van der Waals surface area contributed by atoms with Gasteiger partial charge in [0.1, 0.15) is 29.5 Å². The molecule has 0 atom stereocenters. The number of nitrogens with zero attached hydrogens (tertiary/aromatic N) is 3. The van der Waals surface area contributed by atoms with E-state index in [1.807, 2.05) is 0 Å². The van der Waals surface area contributed by atoms with E-state index in [1.54, 1.807) is 37.3 Å². The van der Waals surface area contributed by atoms with E-state index < -0.39 is 42.1 Å². The number of urea groups is 1. The fourth-order valence-corrected chi connectivity index (χ4v) is 5.09. The number of carbonyl (C=O) groups is 3. The van der Waals surface area contributed by atoms with Crippen molar-refractivity contribution in [1.29, 1.82) is 0 Å². The molecular formula is C32H27F3N6O5. The fraction of sp³-hybridized carbons (Fsp3) is 0.188. The second-order valence-electron chi connectivity index (χ2n) is 11.2. The Hall–Kier alpha value is -5.79. The molecular weight excluding hydrogens is 605 g/mol. The van der Waals surface area contributed by atoms with Crippen LogP contribution in [0.2, 0.25) is 0 Å². The molecule has 5 aromatic rings. The van der Waals surface area contributed by atoms with Crippen LogP contribution in [0.15, 0.2) is 66.9 Å². The van der Waals surface area contributed by atoms with Gasteiger partial charge in [-0.15, -0.1) is 0 Å². The Kier molecular flexibility index (Phi) is 7.42. The van der Waals surface area contributed by atoms with Crippen molar-refractivity contribution in [2.24, 2.45) is 0 Å².